The highest BCUT2D eigenvalue weighted by Crippen LogP contribution is 2.22. The number of anilines is 1. The van der Waals surface area contributed by atoms with E-state index in [2.05, 4.69) is 5.32 Å². The summed E-state index contributed by atoms with van der Waals surface area (Å²) in [5, 5.41) is 4.97. The second-order valence-electron chi connectivity index (χ2n) is 6.24. The summed E-state index contributed by atoms with van der Waals surface area (Å²) in [5.74, 6) is -0.0982. The summed E-state index contributed by atoms with van der Waals surface area (Å²) in [6.45, 7) is 0.499. The molecule has 0 unspecified atom stereocenters. The largest absolute Gasteiger partial charge is 0.347 e. The van der Waals surface area contributed by atoms with Crippen LogP contribution in [0.1, 0.15) is 16.8 Å². The average Bonchev–Trinajstić information content (AvgIpc) is 3.02. The van der Waals surface area contributed by atoms with Gasteiger partial charge in [0.2, 0.25) is 5.91 Å². The molecule has 25 heavy (non-hydrogen) atoms. The van der Waals surface area contributed by atoms with Crippen molar-refractivity contribution in [1.29, 1.82) is 0 Å². The van der Waals surface area contributed by atoms with Crippen LogP contribution in [0.25, 0.3) is 10.8 Å². The van der Waals surface area contributed by atoms with E-state index in [1.54, 1.807) is 4.90 Å². The van der Waals surface area contributed by atoms with Gasteiger partial charge in [0.1, 0.15) is 0 Å². The molecule has 1 aliphatic heterocycles. The molecule has 4 nitrogen and oxygen atoms in total. The third kappa shape index (κ3) is 2.98. The lowest BCUT2D eigenvalue weighted by Crippen LogP contribution is -2.37. The third-order valence-electron chi connectivity index (χ3n) is 4.56. The van der Waals surface area contributed by atoms with E-state index in [9.17, 15) is 9.59 Å². The van der Waals surface area contributed by atoms with Crippen molar-refractivity contribution >= 4 is 28.3 Å². The second kappa shape index (κ2) is 6.40. The topological polar surface area (TPSA) is 49.4 Å². The van der Waals surface area contributed by atoms with E-state index in [-0.39, 0.29) is 17.9 Å². The summed E-state index contributed by atoms with van der Waals surface area (Å²) in [5.41, 5.74) is 1.51. The highest BCUT2D eigenvalue weighted by Gasteiger charge is 2.31. The minimum Gasteiger partial charge on any atom is -0.347 e. The Morgan fingerprint density at radius 3 is 2.48 bits per heavy atom. The molecule has 0 spiro atoms. The molecule has 4 heteroatoms. The molecular formula is C21H18N2O2. The number of amides is 2. The molecule has 0 radical (unpaired) electrons. The molecule has 3 aromatic carbocycles. The number of rotatable bonds is 3. The van der Waals surface area contributed by atoms with Crippen LogP contribution in [0.4, 0.5) is 5.69 Å². The number of fused-ring (bicyclic) bond motifs is 1. The maximum Gasteiger partial charge on any atom is 0.252 e. The zero-order valence-electron chi connectivity index (χ0n) is 13.7. The minimum atomic E-state index is -0.181. The number of nitrogens with zero attached hydrogens (tertiary/aromatic N) is 1. The highest BCUT2D eigenvalue weighted by molar-refractivity contribution is 6.07. The first-order valence-electron chi connectivity index (χ1n) is 8.36. The number of hydrogen-bond acceptors (Lipinski definition) is 2. The van der Waals surface area contributed by atoms with Gasteiger partial charge < -0.3 is 10.2 Å². The summed E-state index contributed by atoms with van der Waals surface area (Å²) in [4.78, 5) is 26.7. The number of benzene rings is 3. The van der Waals surface area contributed by atoms with Crippen molar-refractivity contribution in [3.8, 4) is 0 Å². The fourth-order valence-electron chi connectivity index (χ4n) is 3.35. The first-order chi connectivity index (χ1) is 12.2. The SMILES string of the molecule is O=C(N[C@H]1CC(=O)N(c2ccccc2)C1)c1cccc2ccccc12. The van der Waals surface area contributed by atoms with Gasteiger partial charge in [0.05, 0.1) is 6.04 Å². The molecule has 1 saturated heterocycles. The van der Waals surface area contributed by atoms with Crippen LogP contribution in [0.15, 0.2) is 72.8 Å². The van der Waals surface area contributed by atoms with Gasteiger partial charge in [-0.1, -0.05) is 54.6 Å². The molecule has 1 heterocycles. The predicted molar refractivity (Wildman–Crippen MR) is 98.6 cm³/mol. The van der Waals surface area contributed by atoms with Crippen molar-refractivity contribution in [2.45, 2.75) is 12.5 Å². The molecule has 0 aliphatic carbocycles. The molecule has 124 valence electrons. The summed E-state index contributed by atoms with van der Waals surface area (Å²) in [6, 6.07) is 22.9. The van der Waals surface area contributed by atoms with Gasteiger partial charge in [0.25, 0.3) is 5.91 Å². The fraction of sp³-hybridized carbons (Fsp3) is 0.143. The Labute approximate surface area is 146 Å². The maximum atomic E-state index is 12.7. The van der Waals surface area contributed by atoms with Crippen molar-refractivity contribution in [3.63, 3.8) is 0 Å². The van der Waals surface area contributed by atoms with Crippen LogP contribution < -0.4 is 10.2 Å². The molecule has 1 atom stereocenters. The summed E-state index contributed by atoms with van der Waals surface area (Å²) in [6.07, 6.45) is 0.325. The Morgan fingerprint density at radius 2 is 1.64 bits per heavy atom. The Hall–Kier alpha value is -3.14. The van der Waals surface area contributed by atoms with E-state index in [1.165, 1.54) is 0 Å². The van der Waals surface area contributed by atoms with Crippen LogP contribution in [-0.4, -0.2) is 24.4 Å². The number of nitrogens with one attached hydrogen (secondary N) is 1. The second-order valence-corrected chi connectivity index (χ2v) is 6.24. The number of hydrogen-bond donors (Lipinski definition) is 1. The van der Waals surface area contributed by atoms with Crippen molar-refractivity contribution < 1.29 is 9.59 Å². The van der Waals surface area contributed by atoms with Gasteiger partial charge in [-0.3, -0.25) is 9.59 Å². The van der Waals surface area contributed by atoms with Crippen molar-refractivity contribution in [3.05, 3.63) is 78.4 Å². The standard InChI is InChI=1S/C21H18N2O2/c24-20-13-16(14-23(20)17-9-2-1-3-10-17)22-21(25)19-12-6-8-15-7-4-5-11-18(15)19/h1-12,16H,13-14H2,(H,22,25)/t16-/m0/s1. The van der Waals surface area contributed by atoms with Gasteiger partial charge in [-0.05, 0) is 29.0 Å². The first-order valence-corrected chi connectivity index (χ1v) is 8.36. The van der Waals surface area contributed by atoms with Crippen LogP contribution in [0.2, 0.25) is 0 Å². The van der Waals surface area contributed by atoms with Crippen molar-refractivity contribution in [1.82, 2.24) is 5.32 Å². The molecule has 0 bridgehead atoms. The summed E-state index contributed by atoms with van der Waals surface area (Å²) < 4.78 is 0. The molecule has 2 amide bonds. The lowest BCUT2D eigenvalue weighted by molar-refractivity contribution is -0.117. The van der Waals surface area contributed by atoms with Crippen LogP contribution in [0.5, 0.6) is 0 Å². The van der Waals surface area contributed by atoms with E-state index >= 15 is 0 Å². The van der Waals surface area contributed by atoms with Crippen LogP contribution in [0.3, 0.4) is 0 Å². The van der Waals surface area contributed by atoms with Crippen LogP contribution >= 0.6 is 0 Å². The Morgan fingerprint density at radius 1 is 0.920 bits per heavy atom. The van der Waals surface area contributed by atoms with Gasteiger partial charge in [-0.25, -0.2) is 0 Å². The molecule has 0 saturated carbocycles. The number of carbonyl (C=O) groups excluding carboxylic acids is 2. The van der Waals surface area contributed by atoms with E-state index in [1.807, 2.05) is 72.8 Å². The van der Waals surface area contributed by atoms with Crippen LogP contribution in [0, 0.1) is 0 Å². The van der Waals surface area contributed by atoms with Gasteiger partial charge in [-0.2, -0.15) is 0 Å². The molecule has 1 N–H and O–H groups in total. The lowest BCUT2D eigenvalue weighted by atomic mass is 10.0. The number of carbonyl (C=O) groups is 2. The van der Waals surface area contributed by atoms with Crippen molar-refractivity contribution in [2.75, 3.05) is 11.4 Å². The van der Waals surface area contributed by atoms with E-state index < -0.39 is 0 Å². The minimum absolute atomic E-state index is 0.0365. The fourth-order valence-corrected chi connectivity index (χ4v) is 3.35. The smallest absolute Gasteiger partial charge is 0.252 e. The Bertz CT molecular complexity index is 932. The highest BCUT2D eigenvalue weighted by atomic mass is 16.2. The molecule has 4 rings (SSSR count). The van der Waals surface area contributed by atoms with E-state index in [0.717, 1.165) is 16.5 Å². The zero-order valence-corrected chi connectivity index (χ0v) is 13.7. The van der Waals surface area contributed by atoms with Crippen molar-refractivity contribution in [2.24, 2.45) is 0 Å². The number of para-hydroxylation sites is 1. The third-order valence-corrected chi connectivity index (χ3v) is 4.56. The maximum absolute atomic E-state index is 12.7. The molecule has 1 fully saturated rings. The molecule has 3 aromatic rings. The van der Waals surface area contributed by atoms with Gasteiger partial charge in [0, 0.05) is 24.2 Å². The Balaban J connectivity index is 1.53. The monoisotopic (exact) mass is 330 g/mol. The first kappa shape index (κ1) is 15.4. The zero-order chi connectivity index (χ0) is 17.2. The van der Waals surface area contributed by atoms with Crippen LogP contribution in [-0.2, 0) is 4.79 Å². The average molecular weight is 330 g/mol. The molecular weight excluding hydrogens is 312 g/mol. The molecule has 0 aromatic heterocycles. The normalized spacial score (nSPS) is 17.0. The van der Waals surface area contributed by atoms with E-state index in [0.29, 0.717) is 18.5 Å². The Kier molecular flexibility index (Phi) is 3.94. The van der Waals surface area contributed by atoms with Gasteiger partial charge in [-0.15, -0.1) is 0 Å². The summed E-state index contributed by atoms with van der Waals surface area (Å²) in [7, 11) is 0. The quantitative estimate of drug-likeness (QED) is 0.800. The van der Waals surface area contributed by atoms with E-state index in [4.69, 9.17) is 0 Å². The lowest BCUT2D eigenvalue weighted by Gasteiger charge is -2.17. The van der Waals surface area contributed by atoms with Gasteiger partial charge in [0.15, 0.2) is 0 Å². The summed E-state index contributed by atoms with van der Waals surface area (Å²) >= 11 is 0. The van der Waals surface area contributed by atoms with Gasteiger partial charge >= 0.3 is 0 Å². The molecule has 1 aliphatic rings. The predicted octanol–water partition coefficient (Wildman–Crippen LogP) is 3.38.